The number of rotatable bonds is 3. The largest absolute Gasteiger partial charge is 0.497 e. The van der Waals surface area contributed by atoms with Crippen LogP contribution in [0.4, 0.5) is 10.1 Å². The molecule has 0 saturated carbocycles. The minimum atomic E-state index is -0.579. The minimum absolute atomic E-state index is 0.0669. The quantitative estimate of drug-likeness (QED) is 0.851. The van der Waals surface area contributed by atoms with Gasteiger partial charge in [0.1, 0.15) is 11.6 Å². The summed E-state index contributed by atoms with van der Waals surface area (Å²) < 4.78 is 19.1. The number of ether oxygens (including phenoxy) is 1. The molecule has 0 bridgehead atoms. The molecule has 0 atom stereocenters. The second-order valence-electron chi connectivity index (χ2n) is 5.60. The van der Waals surface area contributed by atoms with Gasteiger partial charge in [0.15, 0.2) is 0 Å². The van der Waals surface area contributed by atoms with Crippen molar-refractivity contribution in [2.45, 2.75) is 0 Å². The van der Waals surface area contributed by atoms with E-state index in [2.05, 4.69) is 4.90 Å². The number of amides is 1. The van der Waals surface area contributed by atoms with E-state index in [9.17, 15) is 9.18 Å². The maximum absolute atomic E-state index is 13.9. The van der Waals surface area contributed by atoms with Gasteiger partial charge in [-0.15, -0.1) is 0 Å². The summed E-state index contributed by atoms with van der Waals surface area (Å²) in [6.45, 7) is 2.50. The van der Waals surface area contributed by atoms with Crippen molar-refractivity contribution in [1.82, 2.24) is 4.90 Å². The van der Waals surface area contributed by atoms with Crippen LogP contribution in [0.3, 0.4) is 0 Å². The molecule has 2 aromatic rings. The van der Waals surface area contributed by atoms with Gasteiger partial charge in [-0.3, -0.25) is 4.79 Å². The molecule has 1 fully saturated rings. The molecule has 24 heavy (non-hydrogen) atoms. The number of nitrogens with zero attached hydrogens (tertiary/aromatic N) is 2. The van der Waals surface area contributed by atoms with Gasteiger partial charge in [-0.25, -0.2) is 4.39 Å². The number of hydrogen-bond donors (Lipinski definition) is 0. The molecule has 126 valence electrons. The van der Waals surface area contributed by atoms with Gasteiger partial charge >= 0.3 is 0 Å². The average Bonchev–Trinajstić information content (AvgIpc) is 2.61. The van der Waals surface area contributed by atoms with Gasteiger partial charge in [0, 0.05) is 36.9 Å². The summed E-state index contributed by atoms with van der Waals surface area (Å²) in [5.41, 5.74) is 1.15. The third-order valence-corrected chi connectivity index (χ3v) is 4.40. The molecule has 0 aromatic heterocycles. The zero-order valence-electron chi connectivity index (χ0n) is 13.3. The Hall–Kier alpha value is -2.27. The lowest BCUT2D eigenvalue weighted by Crippen LogP contribution is -2.49. The van der Waals surface area contributed by atoms with Crippen LogP contribution in [0.5, 0.6) is 5.75 Å². The molecule has 0 radical (unpaired) electrons. The topological polar surface area (TPSA) is 32.8 Å². The smallest absolute Gasteiger partial charge is 0.256 e. The van der Waals surface area contributed by atoms with Crippen LogP contribution in [0, 0.1) is 5.82 Å². The molecule has 1 saturated heterocycles. The first kappa shape index (κ1) is 16.6. The first-order chi connectivity index (χ1) is 11.6. The van der Waals surface area contributed by atoms with Crippen molar-refractivity contribution < 1.29 is 13.9 Å². The number of benzene rings is 2. The van der Waals surface area contributed by atoms with Crippen molar-refractivity contribution in [2.24, 2.45) is 0 Å². The van der Waals surface area contributed by atoms with E-state index in [1.165, 1.54) is 18.2 Å². The second-order valence-corrected chi connectivity index (χ2v) is 6.04. The Bertz CT molecular complexity index is 728. The lowest BCUT2D eigenvalue weighted by atomic mass is 10.1. The lowest BCUT2D eigenvalue weighted by molar-refractivity contribution is 0.0742. The Morgan fingerprint density at radius 2 is 1.75 bits per heavy atom. The molecule has 4 nitrogen and oxygen atoms in total. The fourth-order valence-corrected chi connectivity index (χ4v) is 2.95. The van der Waals surface area contributed by atoms with Gasteiger partial charge in [0.2, 0.25) is 0 Å². The van der Waals surface area contributed by atoms with Crippen LogP contribution >= 0.6 is 11.6 Å². The molecule has 0 unspecified atom stereocenters. The fraction of sp³-hybridized carbons (Fsp3) is 0.278. The van der Waals surface area contributed by atoms with Crippen LogP contribution in [-0.4, -0.2) is 44.1 Å². The molecule has 2 aromatic carbocycles. The van der Waals surface area contributed by atoms with Crippen molar-refractivity contribution in [3.05, 3.63) is 58.9 Å². The third-order valence-electron chi connectivity index (χ3n) is 4.17. The van der Waals surface area contributed by atoms with Gasteiger partial charge in [0.05, 0.1) is 12.7 Å². The van der Waals surface area contributed by atoms with E-state index in [-0.39, 0.29) is 16.5 Å². The first-order valence-electron chi connectivity index (χ1n) is 7.72. The van der Waals surface area contributed by atoms with E-state index in [0.29, 0.717) is 26.2 Å². The van der Waals surface area contributed by atoms with Crippen molar-refractivity contribution in [2.75, 3.05) is 38.2 Å². The first-order valence-corrected chi connectivity index (χ1v) is 8.09. The Morgan fingerprint density at radius 1 is 1.08 bits per heavy atom. The van der Waals surface area contributed by atoms with Crippen LogP contribution < -0.4 is 9.64 Å². The number of hydrogen-bond acceptors (Lipinski definition) is 3. The number of anilines is 1. The van der Waals surface area contributed by atoms with Gasteiger partial charge in [-0.05, 0) is 42.5 Å². The molecule has 3 rings (SSSR count). The molecule has 1 aliphatic rings. The summed E-state index contributed by atoms with van der Waals surface area (Å²) in [5.74, 6) is -0.0607. The number of piperazine rings is 1. The highest BCUT2D eigenvalue weighted by molar-refractivity contribution is 6.30. The molecular formula is C18H18ClFN2O2. The molecule has 6 heteroatoms. The van der Waals surface area contributed by atoms with Gasteiger partial charge < -0.3 is 14.5 Å². The molecule has 0 spiro atoms. The second kappa shape index (κ2) is 7.09. The normalized spacial score (nSPS) is 14.6. The number of carbonyl (C=O) groups excluding carboxylic acids is 1. The van der Waals surface area contributed by atoms with Crippen LogP contribution in [-0.2, 0) is 0 Å². The van der Waals surface area contributed by atoms with E-state index >= 15 is 0 Å². The van der Waals surface area contributed by atoms with Gasteiger partial charge in [-0.2, -0.15) is 0 Å². The Balaban J connectivity index is 1.64. The summed E-state index contributed by atoms with van der Waals surface area (Å²) in [6.07, 6.45) is 0. The molecule has 0 aliphatic carbocycles. The molecule has 1 amide bonds. The summed E-state index contributed by atoms with van der Waals surface area (Å²) in [5, 5.41) is 0.286. The van der Waals surface area contributed by atoms with E-state index in [0.717, 1.165) is 11.4 Å². The van der Waals surface area contributed by atoms with E-state index in [4.69, 9.17) is 16.3 Å². The Labute approximate surface area is 145 Å². The number of halogens is 2. The molecular weight excluding hydrogens is 331 g/mol. The highest BCUT2D eigenvalue weighted by atomic mass is 35.5. The zero-order valence-corrected chi connectivity index (χ0v) is 14.1. The molecule has 0 N–H and O–H groups in total. The van der Waals surface area contributed by atoms with Crippen LogP contribution in [0.25, 0.3) is 0 Å². The van der Waals surface area contributed by atoms with Crippen LogP contribution in [0.15, 0.2) is 42.5 Å². The van der Waals surface area contributed by atoms with Gasteiger partial charge in [0.25, 0.3) is 5.91 Å². The lowest BCUT2D eigenvalue weighted by Gasteiger charge is -2.36. The summed E-state index contributed by atoms with van der Waals surface area (Å²) in [7, 11) is 1.63. The Kier molecular flexibility index (Phi) is 4.90. The minimum Gasteiger partial charge on any atom is -0.497 e. The van der Waals surface area contributed by atoms with E-state index in [1.54, 1.807) is 12.0 Å². The van der Waals surface area contributed by atoms with E-state index < -0.39 is 5.82 Å². The van der Waals surface area contributed by atoms with Crippen LogP contribution in [0.1, 0.15) is 10.4 Å². The average molecular weight is 349 g/mol. The Morgan fingerprint density at radius 3 is 2.33 bits per heavy atom. The third kappa shape index (κ3) is 3.46. The van der Waals surface area contributed by atoms with Crippen molar-refractivity contribution in [3.8, 4) is 5.75 Å². The maximum atomic E-state index is 13.9. The maximum Gasteiger partial charge on any atom is 0.256 e. The molecule has 1 aliphatic heterocycles. The highest BCUT2D eigenvalue weighted by Crippen LogP contribution is 2.22. The standard InChI is InChI=1S/C18H18ClFN2O2/c1-24-15-5-3-14(4-6-15)21-8-10-22(11-9-21)18(23)16-7-2-13(19)12-17(16)20/h2-7,12H,8-11H2,1H3. The van der Waals surface area contributed by atoms with Crippen molar-refractivity contribution in [1.29, 1.82) is 0 Å². The summed E-state index contributed by atoms with van der Waals surface area (Å²) >= 11 is 5.74. The SMILES string of the molecule is COc1ccc(N2CCN(C(=O)c3ccc(Cl)cc3F)CC2)cc1. The monoisotopic (exact) mass is 348 g/mol. The predicted molar refractivity (Wildman–Crippen MR) is 92.5 cm³/mol. The predicted octanol–water partition coefficient (Wildman–Crippen LogP) is 3.45. The highest BCUT2D eigenvalue weighted by Gasteiger charge is 2.24. The zero-order chi connectivity index (χ0) is 17.1. The number of methoxy groups -OCH3 is 1. The molecule has 1 heterocycles. The fourth-order valence-electron chi connectivity index (χ4n) is 2.79. The summed E-state index contributed by atoms with van der Waals surface area (Å²) in [4.78, 5) is 16.3. The van der Waals surface area contributed by atoms with Crippen molar-refractivity contribution in [3.63, 3.8) is 0 Å². The summed E-state index contributed by atoms with van der Waals surface area (Å²) in [6, 6.07) is 12.0. The van der Waals surface area contributed by atoms with Gasteiger partial charge in [-0.1, -0.05) is 11.6 Å². The number of carbonyl (C=O) groups is 1. The van der Waals surface area contributed by atoms with E-state index in [1.807, 2.05) is 24.3 Å². The van der Waals surface area contributed by atoms with Crippen molar-refractivity contribution >= 4 is 23.2 Å². The van der Waals surface area contributed by atoms with Crippen LogP contribution in [0.2, 0.25) is 5.02 Å².